The summed E-state index contributed by atoms with van der Waals surface area (Å²) >= 11 is 1.45. The van der Waals surface area contributed by atoms with Crippen LogP contribution in [0.3, 0.4) is 0 Å². The van der Waals surface area contributed by atoms with Gasteiger partial charge in [-0.25, -0.2) is 3.96 Å². The summed E-state index contributed by atoms with van der Waals surface area (Å²) in [4.78, 5) is 12.0. The Bertz CT molecular complexity index is 589. The van der Waals surface area contributed by atoms with Crippen LogP contribution < -0.4 is 5.56 Å². The number of allylic oxidation sites excluding steroid dienone is 3. The molecular formula is C12H11NOS. The van der Waals surface area contributed by atoms with Gasteiger partial charge in [0.2, 0.25) is 0 Å². The van der Waals surface area contributed by atoms with Crippen molar-refractivity contribution < 1.29 is 0 Å². The summed E-state index contributed by atoms with van der Waals surface area (Å²) in [6.45, 7) is 5.59. The smallest absolute Gasteiger partial charge is 0.267 e. The van der Waals surface area contributed by atoms with E-state index >= 15 is 0 Å². The normalized spacial score (nSPS) is 11.9. The highest BCUT2D eigenvalue weighted by Gasteiger charge is 2.07. The Morgan fingerprint density at radius 2 is 2.20 bits per heavy atom. The molecule has 2 nitrogen and oxygen atoms in total. The highest BCUT2D eigenvalue weighted by atomic mass is 32.1. The van der Waals surface area contributed by atoms with E-state index in [9.17, 15) is 4.79 Å². The van der Waals surface area contributed by atoms with Crippen LogP contribution in [0, 0.1) is 0 Å². The molecular weight excluding hydrogens is 206 g/mol. The van der Waals surface area contributed by atoms with Gasteiger partial charge >= 0.3 is 0 Å². The molecule has 0 fully saturated rings. The monoisotopic (exact) mass is 217 g/mol. The maximum Gasteiger partial charge on any atom is 0.273 e. The largest absolute Gasteiger partial charge is 0.273 e. The quantitative estimate of drug-likeness (QED) is 0.708. The molecule has 1 aromatic carbocycles. The van der Waals surface area contributed by atoms with Crippen LogP contribution in [0.15, 0.2) is 47.8 Å². The fourth-order valence-corrected chi connectivity index (χ4v) is 2.52. The zero-order valence-electron chi connectivity index (χ0n) is 8.43. The van der Waals surface area contributed by atoms with E-state index in [0.29, 0.717) is 0 Å². The van der Waals surface area contributed by atoms with Gasteiger partial charge in [0.15, 0.2) is 0 Å². The van der Waals surface area contributed by atoms with Gasteiger partial charge in [0.1, 0.15) is 0 Å². The highest BCUT2D eigenvalue weighted by molar-refractivity contribution is 7.14. The van der Waals surface area contributed by atoms with Crippen molar-refractivity contribution in [3.05, 3.63) is 53.4 Å². The molecule has 0 radical (unpaired) electrons. The molecule has 76 valence electrons. The van der Waals surface area contributed by atoms with Crippen LogP contribution in [-0.2, 0) is 0 Å². The molecule has 0 aliphatic rings. The fourth-order valence-electron chi connectivity index (χ4n) is 1.46. The molecule has 15 heavy (non-hydrogen) atoms. The molecule has 0 unspecified atom stereocenters. The molecule has 0 bridgehead atoms. The Morgan fingerprint density at radius 1 is 1.47 bits per heavy atom. The summed E-state index contributed by atoms with van der Waals surface area (Å²) in [6.07, 6.45) is 3.57. The van der Waals surface area contributed by atoms with E-state index in [1.54, 1.807) is 10.0 Å². The number of benzene rings is 1. The Labute approximate surface area is 91.9 Å². The Hall–Kier alpha value is -1.61. The van der Waals surface area contributed by atoms with E-state index in [0.717, 1.165) is 15.8 Å². The molecule has 0 amide bonds. The topological polar surface area (TPSA) is 22.0 Å². The molecule has 1 aromatic heterocycles. The highest BCUT2D eigenvalue weighted by Crippen LogP contribution is 2.19. The first-order valence-electron chi connectivity index (χ1n) is 4.68. The van der Waals surface area contributed by atoms with Crippen molar-refractivity contribution >= 4 is 27.3 Å². The first-order chi connectivity index (χ1) is 7.27. The molecule has 0 atom stereocenters. The van der Waals surface area contributed by atoms with Crippen molar-refractivity contribution in [1.82, 2.24) is 3.96 Å². The van der Waals surface area contributed by atoms with E-state index < -0.39 is 0 Å². The zero-order valence-corrected chi connectivity index (χ0v) is 9.25. The molecule has 0 aliphatic carbocycles. The van der Waals surface area contributed by atoms with Crippen LogP contribution in [-0.4, -0.2) is 3.96 Å². The SMILES string of the molecule is C=C/C(=C\C)n1sc2ccccc2c1=O. The Balaban J connectivity index is 2.79. The van der Waals surface area contributed by atoms with Gasteiger partial charge in [-0.2, -0.15) is 0 Å². The number of hydrogen-bond acceptors (Lipinski definition) is 2. The van der Waals surface area contributed by atoms with Gasteiger partial charge in [-0.1, -0.05) is 36.3 Å². The number of fused-ring (bicyclic) bond motifs is 1. The average Bonchev–Trinajstić information content (AvgIpc) is 2.60. The second-order valence-corrected chi connectivity index (χ2v) is 4.09. The molecule has 2 rings (SSSR count). The van der Waals surface area contributed by atoms with Crippen molar-refractivity contribution in [3.63, 3.8) is 0 Å². The minimum Gasteiger partial charge on any atom is -0.267 e. The van der Waals surface area contributed by atoms with Crippen LogP contribution >= 0.6 is 11.5 Å². The standard InChI is InChI=1S/C12H11NOS/c1-3-9(4-2)13-12(14)10-7-5-6-8-11(10)15-13/h3-8H,1H2,2H3/b9-4+. The van der Waals surface area contributed by atoms with Gasteiger partial charge in [0.25, 0.3) is 5.56 Å². The van der Waals surface area contributed by atoms with Crippen LogP contribution in [0.4, 0.5) is 0 Å². The van der Waals surface area contributed by atoms with Crippen LogP contribution in [0.25, 0.3) is 15.8 Å². The number of rotatable bonds is 2. The van der Waals surface area contributed by atoms with Gasteiger partial charge < -0.3 is 0 Å². The third kappa shape index (κ3) is 1.55. The summed E-state index contributed by atoms with van der Waals surface area (Å²) in [5, 5.41) is 0.767. The second kappa shape index (κ2) is 3.87. The van der Waals surface area contributed by atoms with Gasteiger partial charge in [-0.05, 0) is 25.1 Å². The summed E-state index contributed by atoms with van der Waals surface area (Å²) in [6, 6.07) is 7.62. The van der Waals surface area contributed by atoms with Crippen molar-refractivity contribution in [2.75, 3.05) is 0 Å². The molecule has 0 saturated heterocycles. The third-order valence-corrected chi connectivity index (χ3v) is 3.34. The zero-order chi connectivity index (χ0) is 10.8. The fraction of sp³-hybridized carbons (Fsp3) is 0.0833. The van der Waals surface area contributed by atoms with Crippen LogP contribution in [0.2, 0.25) is 0 Å². The second-order valence-electron chi connectivity index (χ2n) is 3.10. The molecule has 0 saturated carbocycles. The number of aromatic nitrogens is 1. The van der Waals surface area contributed by atoms with E-state index in [-0.39, 0.29) is 5.56 Å². The summed E-state index contributed by atoms with van der Waals surface area (Å²) in [7, 11) is 0. The first kappa shape index (κ1) is 9.93. The predicted molar refractivity (Wildman–Crippen MR) is 66.2 cm³/mol. The number of nitrogens with zero attached hydrogens (tertiary/aromatic N) is 1. The summed E-state index contributed by atoms with van der Waals surface area (Å²) < 4.78 is 2.67. The lowest BCUT2D eigenvalue weighted by Crippen LogP contribution is -2.10. The average molecular weight is 217 g/mol. The molecule has 0 spiro atoms. The predicted octanol–water partition coefficient (Wildman–Crippen LogP) is 3.11. The Kier molecular flexibility index (Phi) is 2.56. The van der Waals surface area contributed by atoms with Gasteiger partial charge in [0, 0.05) is 0 Å². The van der Waals surface area contributed by atoms with Gasteiger partial charge in [-0.15, -0.1) is 0 Å². The van der Waals surface area contributed by atoms with Crippen LogP contribution in [0.5, 0.6) is 0 Å². The minimum absolute atomic E-state index is 0.0311. The van der Waals surface area contributed by atoms with E-state index in [2.05, 4.69) is 6.58 Å². The van der Waals surface area contributed by atoms with Gasteiger partial charge in [0.05, 0.1) is 15.8 Å². The molecule has 0 aliphatic heterocycles. The third-order valence-electron chi connectivity index (χ3n) is 2.23. The van der Waals surface area contributed by atoms with Gasteiger partial charge in [-0.3, -0.25) is 4.79 Å². The molecule has 3 heteroatoms. The van der Waals surface area contributed by atoms with Crippen molar-refractivity contribution in [3.8, 4) is 0 Å². The van der Waals surface area contributed by atoms with E-state index in [1.165, 1.54) is 11.5 Å². The molecule has 1 heterocycles. The van der Waals surface area contributed by atoms with Crippen molar-refractivity contribution in [2.24, 2.45) is 0 Å². The Morgan fingerprint density at radius 3 is 2.80 bits per heavy atom. The van der Waals surface area contributed by atoms with Crippen molar-refractivity contribution in [2.45, 2.75) is 6.92 Å². The molecule has 0 N–H and O–H groups in total. The molecule has 2 aromatic rings. The lowest BCUT2D eigenvalue weighted by Gasteiger charge is -1.97. The van der Waals surface area contributed by atoms with E-state index in [4.69, 9.17) is 0 Å². The van der Waals surface area contributed by atoms with E-state index in [1.807, 2.05) is 37.3 Å². The lowest BCUT2D eigenvalue weighted by atomic mass is 10.3. The lowest BCUT2D eigenvalue weighted by molar-refractivity contribution is 1.19. The summed E-state index contributed by atoms with van der Waals surface area (Å²) in [5.74, 6) is 0. The number of hydrogen-bond donors (Lipinski definition) is 0. The summed E-state index contributed by atoms with van der Waals surface area (Å²) in [5.41, 5.74) is 0.866. The minimum atomic E-state index is 0.0311. The van der Waals surface area contributed by atoms with Crippen LogP contribution in [0.1, 0.15) is 6.92 Å². The van der Waals surface area contributed by atoms with Crippen molar-refractivity contribution in [1.29, 1.82) is 0 Å². The maximum absolute atomic E-state index is 12.0. The first-order valence-corrected chi connectivity index (χ1v) is 5.45. The maximum atomic E-state index is 12.0.